The van der Waals surface area contributed by atoms with E-state index in [-0.39, 0.29) is 29.3 Å². The largest absolute Gasteiger partial charge is 0.469 e. The molecule has 4 nitrogen and oxygen atoms in total. The van der Waals surface area contributed by atoms with Gasteiger partial charge in [-0.1, -0.05) is 36.8 Å². The van der Waals surface area contributed by atoms with Gasteiger partial charge in [-0.05, 0) is 36.1 Å². The highest BCUT2D eigenvalue weighted by atomic mass is 19.1. The lowest BCUT2D eigenvalue weighted by Gasteiger charge is -2.16. The number of anilines is 1. The van der Waals surface area contributed by atoms with Gasteiger partial charge in [0.05, 0.1) is 18.7 Å². The van der Waals surface area contributed by atoms with Gasteiger partial charge in [-0.15, -0.1) is 0 Å². The van der Waals surface area contributed by atoms with Crippen LogP contribution >= 0.6 is 0 Å². The van der Waals surface area contributed by atoms with E-state index in [1.807, 2.05) is 0 Å². The van der Waals surface area contributed by atoms with Crippen LogP contribution in [0.3, 0.4) is 0 Å². The highest BCUT2D eigenvalue weighted by Gasteiger charge is 2.38. The summed E-state index contributed by atoms with van der Waals surface area (Å²) < 4.78 is 18.4. The zero-order chi connectivity index (χ0) is 18.0. The molecule has 130 valence electrons. The number of hydrogen-bond acceptors (Lipinski definition) is 4. The van der Waals surface area contributed by atoms with E-state index in [1.54, 1.807) is 30.3 Å². The second kappa shape index (κ2) is 7.05. The standard InChI is InChI=1S/C20H20FNO3/c1-25-20(24)16-4-2-3-15(16)19(23)13-7-5-12(6-8-13)14-9-10-18(22)17(21)11-14/h5-11,15-16H,2-4,22H2,1H3/t15?,16-/m1/s1. The number of nitrogens with two attached hydrogens (primary N) is 1. The van der Waals surface area contributed by atoms with Crippen molar-refractivity contribution in [1.29, 1.82) is 0 Å². The van der Waals surface area contributed by atoms with E-state index < -0.39 is 5.82 Å². The minimum absolute atomic E-state index is 0.0389. The highest BCUT2D eigenvalue weighted by molar-refractivity contribution is 6.00. The van der Waals surface area contributed by atoms with Gasteiger partial charge in [0, 0.05) is 11.5 Å². The van der Waals surface area contributed by atoms with Crippen molar-refractivity contribution in [2.24, 2.45) is 11.8 Å². The predicted molar refractivity (Wildman–Crippen MR) is 93.4 cm³/mol. The number of nitrogen functional groups attached to an aromatic ring is 1. The van der Waals surface area contributed by atoms with Crippen LogP contribution in [0, 0.1) is 17.7 Å². The maximum atomic E-state index is 13.6. The molecule has 1 aliphatic rings. The summed E-state index contributed by atoms with van der Waals surface area (Å²) in [5, 5.41) is 0. The number of hydrogen-bond donors (Lipinski definition) is 1. The summed E-state index contributed by atoms with van der Waals surface area (Å²) in [6.45, 7) is 0. The number of ether oxygens (including phenoxy) is 1. The first-order valence-electron chi connectivity index (χ1n) is 8.28. The van der Waals surface area contributed by atoms with E-state index >= 15 is 0 Å². The molecule has 2 aromatic rings. The Kier molecular flexibility index (Phi) is 4.83. The molecule has 0 saturated heterocycles. The average molecular weight is 341 g/mol. The Labute approximate surface area is 145 Å². The number of benzene rings is 2. The van der Waals surface area contributed by atoms with Crippen molar-refractivity contribution in [2.45, 2.75) is 19.3 Å². The summed E-state index contributed by atoms with van der Waals surface area (Å²) in [5.41, 5.74) is 7.64. The van der Waals surface area contributed by atoms with Gasteiger partial charge < -0.3 is 10.5 Å². The maximum Gasteiger partial charge on any atom is 0.309 e. The SMILES string of the molecule is COC(=O)[C@@H]1CCCC1C(=O)c1ccc(-c2ccc(N)c(F)c2)cc1. The van der Waals surface area contributed by atoms with Gasteiger partial charge in [-0.3, -0.25) is 9.59 Å². The van der Waals surface area contributed by atoms with Crippen LogP contribution < -0.4 is 5.73 Å². The lowest BCUT2D eigenvalue weighted by molar-refractivity contribution is -0.146. The first kappa shape index (κ1) is 17.1. The van der Waals surface area contributed by atoms with Crippen LogP contribution in [0.4, 0.5) is 10.1 Å². The lowest BCUT2D eigenvalue weighted by atomic mass is 9.88. The quantitative estimate of drug-likeness (QED) is 0.521. The zero-order valence-electron chi connectivity index (χ0n) is 14.0. The Balaban J connectivity index is 1.81. The van der Waals surface area contributed by atoms with Crippen LogP contribution in [0.1, 0.15) is 29.6 Å². The van der Waals surface area contributed by atoms with Crippen molar-refractivity contribution in [3.63, 3.8) is 0 Å². The van der Waals surface area contributed by atoms with Gasteiger partial charge in [-0.25, -0.2) is 4.39 Å². The first-order chi connectivity index (χ1) is 12.0. The molecule has 0 amide bonds. The van der Waals surface area contributed by atoms with Gasteiger partial charge >= 0.3 is 5.97 Å². The van der Waals surface area contributed by atoms with E-state index in [1.165, 1.54) is 19.2 Å². The van der Waals surface area contributed by atoms with Crippen LogP contribution in [0.2, 0.25) is 0 Å². The normalized spacial score (nSPS) is 19.6. The number of rotatable bonds is 4. The number of ketones is 1. The van der Waals surface area contributed by atoms with Crippen LogP contribution in [0.15, 0.2) is 42.5 Å². The third-order valence-corrected chi connectivity index (χ3v) is 4.86. The molecule has 2 N–H and O–H groups in total. The fraction of sp³-hybridized carbons (Fsp3) is 0.300. The van der Waals surface area contributed by atoms with Crippen molar-refractivity contribution < 1.29 is 18.7 Å². The third kappa shape index (κ3) is 3.40. The number of Topliss-reactive ketones (excluding diaryl/α,β-unsaturated/α-hetero) is 1. The van der Waals surface area contributed by atoms with Gasteiger partial charge in [0.2, 0.25) is 0 Å². The zero-order valence-corrected chi connectivity index (χ0v) is 14.0. The topological polar surface area (TPSA) is 69.4 Å². The second-order valence-corrected chi connectivity index (χ2v) is 6.34. The van der Waals surface area contributed by atoms with E-state index in [2.05, 4.69) is 0 Å². The number of carbonyl (C=O) groups is 2. The van der Waals surface area contributed by atoms with Gasteiger partial charge in [0.25, 0.3) is 0 Å². The van der Waals surface area contributed by atoms with Crippen LogP contribution in [0.5, 0.6) is 0 Å². The molecule has 0 heterocycles. The van der Waals surface area contributed by atoms with Crippen molar-refractivity contribution in [2.75, 3.05) is 12.8 Å². The fourth-order valence-corrected chi connectivity index (χ4v) is 3.46. The van der Waals surface area contributed by atoms with E-state index in [0.29, 0.717) is 24.0 Å². The molecule has 1 aliphatic carbocycles. The minimum atomic E-state index is -0.468. The summed E-state index contributed by atoms with van der Waals surface area (Å²) in [7, 11) is 1.35. The number of esters is 1. The molecule has 0 radical (unpaired) electrons. The molecule has 0 aromatic heterocycles. The van der Waals surface area contributed by atoms with Crippen LogP contribution in [-0.2, 0) is 9.53 Å². The summed E-state index contributed by atoms with van der Waals surface area (Å²) >= 11 is 0. The summed E-state index contributed by atoms with van der Waals surface area (Å²) in [4.78, 5) is 24.6. The second-order valence-electron chi connectivity index (χ2n) is 6.34. The first-order valence-corrected chi connectivity index (χ1v) is 8.28. The monoisotopic (exact) mass is 341 g/mol. The van der Waals surface area contributed by atoms with Gasteiger partial charge in [0.1, 0.15) is 5.82 Å². The molecular weight excluding hydrogens is 321 g/mol. The Morgan fingerprint density at radius 2 is 1.68 bits per heavy atom. The van der Waals surface area contributed by atoms with Crippen LogP contribution in [0.25, 0.3) is 11.1 Å². The third-order valence-electron chi connectivity index (χ3n) is 4.86. The van der Waals surface area contributed by atoms with Crippen molar-refractivity contribution in [3.05, 3.63) is 53.8 Å². The van der Waals surface area contributed by atoms with Crippen LogP contribution in [-0.4, -0.2) is 18.9 Å². The van der Waals surface area contributed by atoms with Crippen molar-refractivity contribution in [3.8, 4) is 11.1 Å². The summed E-state index contributed by atoms with van der Waals surface area (Å²) in [6, 6.07) is 11.6. The van der Waals surface area contributed by atoms with Crippen molar-refractivity contribution in [1.82, 2.24) is 0 Å². The average Bonchev–Trinajstić information content (AvgIpc) is 3.12. The Morgan fingerprint density at radius 3 is 2.32 bits per heavy atom. The fourth-order valence-electron chi connectivity index (χ4n) is 3.46. The predicted octanol–water partition coefficient (Wildman–Crippen LogP) is 3.85. The minimum Gasteiger partial charge on any atom is -0.469 e. The van der Waals surface area contributed by atoms with E-state index in [0.717, 1.165) is 12.0 Å². The Bertz CT molecular complexity index is 801. The Hall–Kier alpha value is -2.69. The molecule has 1 fully saturated rings. The molecule has 2 aromatic carbocycles. The highest BCUT2D eigenvalue weighted by Crippen LogP contribution is 2.35. The molecule has 0 bridgehead atoms. The molecular formula is C20H20FNO3. The van der Waals surface area contributed by atoms with Gasteiger partial charge in [0.15, 0.2) is 5.78 Å². The van der Waals surface area contributed by atoms with Gasteiger partial charge in [-0.2, -0.15) is 0 Å². The number of halogens is 1. The molecule has 0 aliphatic heterocycles. The molecule has 0 spiro atoms. The molecule has 3 rings (SSSR count). The molecule has 1 unspecified atom stereocenters. The van der Waals surface area contributed by atoms with E-state index in [9.17, 15) is 14.0 Å². The number of methoxy groups -OCH3 is 1. The Morgan fingerprint density at radius 1 is 1.04 bits per heavy atom. The smallest absolute Gasteiger partial charge is 0.309 e. The maximum absolute atomic E-state index is 13.6. The molecule has 1 saturated carbocycles. The van der Waals surface area contributed by atoms with Crippen molar-refractivity contribution >= 4 is 17.4 Å². The van der Waals surface area contributed by atoms with E-state index in [4.69, 9.17) is 10.5 Å². The summed E-state index contributed by atoms with van der Waals surface area (Å²) in [5.74, 6) is -1.51. The molecule has 25 heavy (non-hydrogen) atoms. The summed E-state index contributed by atoms with van der Waals surface area (Å²) in [6.07, 6.45) is 2.23. The molecule has 5 heteroatoms. The number of carbonyl (C=O) groups excluding carboxylic acids is 2. The molecule has 2 atom stereocenters. The lowest BCUT2D eigenvalue weighted by Crippen LogP contribution is -2.26.